The van der Waals surface area contributed by atoms with Crippen LogP contribution in [0.5, 0.6) is 11.5 Å². The Kier molecular flexibility index (Phi) is 6.36. The number of carbonyl (C=O) groups excluding carboxylic acids is 2. The second-order valence-corrected chi connectivity index (χ2v) is 10.2. The van der Waals surface area contributed by atoms with Gasteiger partial charge in [0, 0.05) is 30.4 Å². The topological polar surface area (TPSA) is 85.7 Å². The monoisotopic (exact) mass is 490 g/mol. The summed E-state index contributed by atoms with van der Waals surface area (Å²) in [6.07, 6.45) is 7.80. The largest absolute Gasteiger partial charge is 0.496 e. The summed E-state index contributed by atoms with van der Waals surface area (Å²) >= 11 is 0. The van der Waals surface area contributed by atoms with Crippen molar-refractivity contribution in [1.82, 2.24) is 19.8 Å². The van der Waals surface area contributed by atoms with E-state index in [2.05, 4.69) is 17.2 Å². The van der Waals surface area contributed by atoms with Gasteiger partial charge in [0.25, 0.3) is 5.91 Å². The van der Waals surface area contributed by atoms with E-state index in [9.17, 15) is 9.59 Å². The third kappa shape index (κ3) is 3.98. The number of hydrogen-bond acceptors (Lipinski definition) is 5. The molecule has 0 radical (unpaired) electrons. The van der Waals surface area contributed by atoms with Crippen molar-refractivity contribution in [3.05, 3.63) is 54.0 Å². The number of pyridine rings is 1. The summed E-state index contributed by atoms with van der Waals surface area (Å²) < 4.78 is 13.2. The zero-order valence-electron chi connectivity index (χ0n) is 21.4. The van der Waals surface area contributed by atoms with E-state index >= 15 is 0 Å². The van der Waals surface area contributed by atoms with Crippen LogP contribution in [-0.4, -0.2) is 52.1 Å². The average Bonchev–Trinajstić information content (AvgIpc) is 3.27. The van der Waals surface area contributed by atoms with Crippen molar-refractivity contribution in [2.45, 2.75) is 64.2 Å². The van der Waals surface area contributed by atoms with Crippen molar-refractivity contribution < 1.29 is 19.1 Å². The molecule has 3 heterocycles. The number of rotatable bonds is 6. The molecule has 5 rings (SSSR count). The molecule has 3 atom stereocenters. The number of methoxy groups -OCH3 is 2. The smallest absolute Gasteiger partial charge is 0.271 e. The van der Waals surface area contributed by atoms with Crippen molar-refractivity contribution in [2.24, 2.45) is 5.92 Å². The highest BCUT2D eigenvalue weighted by Gasteiger charge is 2.49. The molecule has 0 saturated heterocycles. The van der Waals surface area contributed by atoms with Crippen LogP contribution in [0.4, 0.5) is 0 Å². The maximum Gasteiger partial charge on any atom is 0.271 e. The summed E-state index contributed by atoms with van der Waals surface area (Å²) in [6.45, 7) is 4.65. The minimum absolute atomic E-state index is 0.107. The van der Waals surface area contributed by atoms with Crippen LogP contribution < -0.4 is 14.8 Å². The quantitative estimate of drug-likeness (QED) is 0.561. The van der Waals surface area contributed by atoms with Gasteiger partial charge in [-0.2, -0.15) is 0 Å². The minimum Gasteiger partial charge on any atom is -0.496 e. The lowest BCUT2D eigenvalue weighted by molar-refractivity contribution is -0.134. The van der Waals surface area contributed by atoms with Crippen LogP contribution in [0.1, 0.15) is 55.6 Å². The predicted octanol–water partition coefficient (Wildman–Crippen LogP) is 4.16. The van der Waals surface area contributed by atoms with Crippen molar-refractivity contribution in [3.8, 4) is 11.5 Å². The number of nitrogens with one attached hydrogen (secondary N) is 1. The molecule has 1 N–H and O–H groups in total. The Morgan fingerprint density at radius 1 is 1.17 bits per heavy atom. The fourth-order valence-electron chi connectivity index (χ4n) is 5.73. The van der Waals surface area contributed by atoms with Crippen molar-refractivity contribution in [3.63, 3.8) is 0 Å². The van der Waals surface area contributed by atoms with E-state index < -0.39 is 5.54 Å². The summed E-state index contributed by atoms with van der Waals surface area (Å²) in [6, 6.07) is 9.39. The molecule has 8 heteroatoms. The van der Waals surface area contributed by atoms with Crippen molar-refractivity contribution in [2.75, 3.05) is 14.2 Å². The number of amides is 2. The molecule has 0 spiro atoms. The van der Waals surface area contributed by atoms with Crippen molar-refractivity contribution >= 4 is 22.7 Å². The molecule has 0 bridgehead atoms. The first-order valence-corrected chi connectivity index (χ1v) is 12.6. The van der Waals surface area contributed by atoms with Gasteiger partial charge in [-0.1, -0.05) is 25.8 Å². The number of hydrogen-bond donors (Lipinski definition) is 1. The molecule has 1 fully saturated rings. The van der Waals surface area contributed by atoms with E-state index in [-0.39, 0.29) is 24.4 Å². The number of nitrogens with zero attached hydrogens (tertiary/aromatic N) is 3. The summed E-state index contributed by atoms with van der Waals surface area (Å²) in [5.41, 5.74) is 1.02. The van der Waals surface area contributed by atoms with Gasteiger partial charge < -0.3 is 24.3 Å². The molecule has 2 aliphatic rings. The number of benzene rings is 1. The minimum atomic E-state index is -1.11. The highest BCUT2D eigenvalue weighted by Crippen LogP contribution is 2.40. The lowest BCUT2D eigenvalue weighted by atomic mass is 9.85. The van der Waals surface area contributed by atoms with Crippen LogP contribution in [0.3, 0.4) is 0 Å². The third-order valence-corrected chi connectivity index (χ3v) is 7.93. The third-order valence-electron chi connectivity index (χ3n) is 7.93. The van der Waals surface area contributed by atoms with Crippen LogP contribution in [0.15, 0.2) is 42.7 Å². The number of aromatic nitrogens is 2. The second kappa shape index (κ2) is 9.48. The first-order valence-electron chi connectivity index (χ1n) is 12.6. The molecule has 190 valence electrons. The predicted molar refractivity (Wildman–Crippen MR) is 137 cm³/mol. The number of ether oxygens (including phenoxy) is 2. The summed E-state index contributed by atoms with van der Waals surface area (Å²) in [5, 5.41) is 4.10. The van der Waals surface area contributed by atoms with Gasteiger partial charge in [-0.3, -0.25) is 14.6 Å². The van der Waals surface area contributed by atoms with Crippen LogP contribution in [0.25, 0.3) is 10.9 Å². The first kappa shape index (κ1) is 24.2. The maximum atomic E-state index is 14.1. The molecular weight excluding hydrogens is 456 g/mol. The van der Waals surface area contributed by atoms with Gasteiger partial charge in [0.1, 0.15) is 22.7 Å². The van der Waals surface area contributed by atoms with Gasteiger partial charge in [0.15, 0.2) is 0 Å². The molecule has 1 aliphatic heterocycles. The van der Waals surface area contributed by atoms with Crippen LogP contribution in [-0.2, 0) is 17.9 Å². The van der Waals surface area contributed by atoms with Crippen LogP contribution in [0.2, 0.25) is 0 Å². The van der Waals surface area contributed by atoms with Gasteiger partial charge in [-0.25, -0.2) is 0 Å². The SMILES string of the molecule is COc1ccc(OC)c2c1cc1n2C[C@](C)(C(=O)N[C@H]2CCCC[C@H]2C)N(Cc2cccnc2)C1=O. The van der Waals surface area contributed by atoms with Crippen molar-refractivity contribution in [1.29, 1.82) is 0 Å². The van der Waals surface area contributed by atoms with Gasteiger partial charge in [0.05, 0.1) is 26.3 Å². The molecule has 2 aromatic heterocycles. The standard InChI is InChI=1S/C28H34N4O4/c1-18-8-5-6-10-21(18)30-27(34)28(2)17-31-22(26(33)32(28)16-19-9-7-13-29-15-19)14-20-23(35-3)11-12-24(36-4)25(20)31/h7,9,11-15,18,21H,5-6,8,10,16-17H2,1-4H3,(H,30,34)/t18-,21+,28-/m1/s1. The van der Waals surface area contributed by atoms with E-state index in [0.29, 0.717) is 29.7 Å². The van der Waals surface area contributed by atoms with Crippen LogP contribution >= 0.6 is 0 Å². The first-order chi connectivity index (χ1) is 17.4. The Hall–Kier alpha value is -3.55. The molecule has 1 saturated carbocycles. The lowest BCUT2D eigenvalue weighted by Crippen LogP contribution is -2.65. The molecule has 36 heavy (non-hydrogen) atoms. The van der Waals surface area contributed by atoms with E-state index in [0.717, 1.165) is 35.7 Å². The Bertz CT molecular complexity index is 1290. The van der Waals surface area contributed by atoms with E-state index in [1.807, 2.05) is 41.8 Å². The normalized spacial score (nSPS) is 23.9. The average molecular weight is 491 g/mol. The summed E-state index contributed by atoms with van der Waals surface area (Å²) in [7, 11) is 3.22. The lowest BCUT2D eigenvalue weighted by Gasteiger charge is -2.45. The Balaban J connectivity index is 1.62. The molecule has 8 nitrogen and oxygen atoms in total. The van der Waals surface area contributed by atoms with E-state index in [1.165, 1.54) is 6.42 Å². The highest BCUT2D eigenvalue weighted by atomic mass is 16.5. The summed E-state index contributed by atoms with van der Waals surface area (Å²) in [5.74, 6) is 1.35. The fourth-order valence-corrected chi connectivity index (χ4v) is 5.73. The van der Waals surface area contributed by atoms with E-state index in [1.54, 1.807) is 31.5 Å². The molecular formula is C28H34N4O4. The van der Waals surface area contributed by atoms with E-state index in [4.69, 9.17) is 9.47 Å². The Morgan fingerprint density at radius 3 is 2.61 bits per heavy atom. The zero-order valence-corrected chi connectivity index (χ0v) is 21.4. The van der Waals surface area contributed by atoms with Gasteiger partial charge in [-0.05, 0) is 55.5 Å². The Labute approximate surface area is 211 Å². The van der Waals surface area contributed by atoms with Gasteiger partial charge >= 0.3 is 0 Å². The maximum absolute atomic E-state index is 14.1. The number of carbonyl (C=O) groups is 2. The van der Waals surface area contributed by atoms with Gasteiger partial charge in [-0.15, -0.1) is 0 Å². The van der Waals surface area contributed by atoms with Crippen LogP contribution in [0, 0.1) is 5.92 Å². The summed E-state index contributed by atoms with van der Waals surface area (Å²) in [4.78, 5) is 34.0. The molecule has 0 unspecified atom stereocenters. The molecule has 1 aromatic carbocycles. The zero-order chi connectivity index (χ0) is 25.4. The Morgan fingerprint density at radius 2 is 1.92 bits per heavy atom. The molecule has 3 aromatic rings. The van der Waals surface area contributed by atoms with Gasteiger partial charge in [0.2, 0.25) is 5.91 Å². The number of fused-ring (bicyclic) bond motifs is 3. The molecule has 2 amide bonds. The second-order valence-electron chi connectivity index (χ2n) is 10.2. The highest BCUT2D eigenvalue weighted by molar-refractivity contribution is 6.05. The fraction of sp³-hybridized carbons (Fsp3) is 0.464. The molecule has 1 aliphatic carbocycles.